The molecule has 1 amide bonds. The number of nitrogens with two attached hydrogens (primary N) is 1. The van der Waals surface area contributed by atoms with Crippen LogP contribution in [0.25, 0.3) is 0 Å². The minimum atomic E-state index is -0.238. The van der Waals surface area contributed by atoms with Gasteiger partial charge in [-0.1, -0.05) is 0 Å². The molecule has 7 nitrogen and oxygen atoms in total. The number of piperidine rings is 1. The smallest absolute Gasteiger partial charge is 0.409 e. The summed E-state index contributed by atoms with van der Waals surface area (Å²) >= 11 is 3.39. The van der Waals surface area contributed by atoms with E-state index in [0.29, 0.717) is 25.5 Å². The molecule has 8 heteroatoms. The summed E-state index contributed by atoms with van der Waals surface area (Å²) in [5.74, 6) is 0.923. The molecule has 1 aliphatic heterocycles. The summed E-state index contributed by atoms with van der Waals surface area (Å²) < 4.78 is 5.77. The number of rotatable bonds is 3. The van der Waals surface area contributed by atoms with E-state index < -0.39 is 0 Å². The fraction of sp³-hybridized carbons (Fsp3) is 0.583. The average Bonchev–Trinajstić information content (AvgIpc) is 2.44. The Hall–Kier alpha value is -1.57. The van der Waals surface area contributed by atoms with Crippen molar-refractivity contribution in [1.29, 1.82) is 0 Å². The molecular weight excluding hydrogens is 326 g/mol. The zero-order valence-electron chi connectivity index (χ0n) is 11.3. The van der Waals surface area contributed by atoms with E-state index in [4.69, 9.17) is 10.5 Å². The predicted molar refractivity (Wildman–Crippen MR) is 79.4 cm³/mol. The molecule has 0 bridgehead atoms. The quantitative estimate of drug-likeness (QED) is 0.869. The van der Waals surface area contributed by atoms with Gasteiger partial charge in [0.25, 0.3) is 0 Å². The second-order valence-corrected chi connectivity index (χ2v) is 5.38. The highest BCUT2D eigenvalue weighted by atomic mass is 79.9. The fourth-order valence-corrected chi connectivity index (χ4v) is 2.40. The fourth-order valence-electron chi connectivity index (χ4n) is 2.10. The van der Waals surface area contributed by atoms with Crippen molar-refractivity contribution in [2.45, 2.75) is 25.8 Å². The lowest BCUT2D eigenvalue weighted by atomic mass is 10.1. The molecule has 1 saturated heterocycles. The monoisotopic (exact) mass is 343 g/mol. The number of nitrogens with one attached hydrogen (secondary N) is 1. The molecule has 0 aliphatic carbocycles. The molecule has 0 spiro atoms. The predicted octanol–water partition coefficient (Wildman–Crippen LogP) is 1.85. The molecule has 1 aliphatic rings. The van der Waals surface area contributed by atoms with Crippen molar-refractivity contribution < 1.29 is 9.53 Å². The molecule has 2 heterocycles. The standard InChI is InChI=1S/C12H18BrN5O2/c1-2-20-12(19)18-5-3-8(4-6-18)16-10-9(13)7-15-11(14)17-10/h7-8H,2-6H2,1H3,(H3,14,15,16,17). The Morgan fingerprint density at radius 2 is 2.30 bits per heavy atom. The van der Waals surface area contributed by atoms with Crippen molar-refractivity contribution in [3.05, 3.63) is 10.7 Å². The summed E-state index contributed by atoms with van der Waals surface area (Å²) in [7, 11) is 0. The molecule has 20 heavy (non-hydrogen) atoms. The van der Waals surface area contributed by atoms with Crippen LogP contribution in [0.4, 0.5) is 16.6 Å². The van der Waals surface area contributed by atoms with Crippen LogP contribution >= 0.6 is 15.9 Å². The number of hydrogen-bond acceptors (Lipinski definition) is 6. The number of halogens is 1. The van der Waals surface area contributed by atoms with E-state index in [1.165, 1.54) is 0 Å². The van der Waals surface area contributed by atoms with E-state index in [2.05, 4.69) is 31.2 Å². The molecule has 110 valence electrons. The SMILES string of the molecule is CCOC(=O)N1CCC(Nc2nc(N)ncc2Br)CC1. The first-order valence-electron chi connectivity index (χ1n) is 6.56. The van der Waals surface area contributed by atoms with E-state index in [-0.39, 0.29) is 18.1 Å². The topological polar surface area (TPSA) is 93.4 Å². The number of ether oxygens (including phenoxy) is 1. The molecule has 2 rings (SSSR count). The van der Waals surface area contributed by atoms with Gasteiger partial charge in [-0.3, -0.25) is 0 Å². The van der Waals surface area contributed by atoms with Gasteiger partial charge in [0.15, 0.2) is 0 Å². The highest BCUT2D eigenvalue weighted by Gasteiger charge is 2.24. The van der Waals surface area contributed by atoms with Gasteiger partial charge in [0, 0.05) is 25.3 Å². The molecular formula is C12H18BrN5O2. The highest BCUT2D eigenvalue weighted by molar-refractivity contribution is 9.10. The summed E-state index contributed by atoms with van der Waals surface area (Å²) in [6, 6.07) is 0.256. The van der Waals surface area contributed by atoms with Crippen molar-refractivity contribution in [2.75, 3.05) is 30.7 Å². The first-order valence-corrected chi connectivity index (χ1v) is 7.35. The van der Waals surface area contributed by atoms with E-state index in [0.717, 1.165) is 17.3 Å². The summed E-state index contributed by atoms with van der Waals surface area (Å²) in [6.45, 7) is 3.57. The van der Waals surface area contributed by atoms with Crippen molar-refractivity contribution >= 4 is 33.8 Å². The second kappa shape index (κ2) is 6.74. The van der Waals surface area contributed by atoms with Crippen LogP contribution in [0.3, 0.4) is 0 Å². The Bertz CT molecular complexity index is 477. The Morgan fingerprint density at radius 3 is 2.95 bits per heavy atom. The van der Waals surface area contributed by atoms with Crippen LogP contribution in [0, 0.1) is 0 Å². The van der Waals surface area contributed by atoms with Crippen LogP contribution in [0.15, 0.2) is 10.7 Å². The van der Waals surface area contributed by atoms with Gasteiger partial charge in [0.1, 0.15) is 5.82 Å². The number of anilines is 2. The number of hydrogen-bond donors (Lipinski definition) is 2. The van der Waals surface area contributed by atoms with Gasteiger partial charge in [-0.15, -0.1) is 0 Å². The summed E-state index contributed by atoms with van der Waals surface area (Å²) in [5.41, 5.74) is 5.58. The van der Waals surface area contributed by atoms with E-state index >= 15 is 0 Å². The lowest BCUT2D eigenvalue weighted by Crippen LogP contribution is -2.42. The zero-order chi connectivity index (χ0) is 14.5. The molecule has 1 aromatic rings. The largest absolute Gasteiger partial charge is 0.450 e. The number of aromatic nitrogens is 2. The minimum Gasteiger partial charge on any atom is -0.450 e. The van der Waals surface area contributed by atoms with E-state index in [9.17, 15) is 4.79 Å². The Kier molecular flexibility index (Phi) is 4.99. The molecule has 0 saturated carbocycles. The summed E-state index contributed by atoms with van der Waals surface area (Å²) in [4.78, 5) is 21.4. The normalized spacial score (nSPS) is 16.0. The van der Waals surface area contributed by atoms with Crippen LogP contribution in [0.1, 0.15) is 19.8 Å². The molecule has 1 aromatic heterocycles. The van der Waals surface area contributed by atoms with Crippen molar-refractivity contribution in [3.63, 3.8) is 0 Å². The van der Waals surface area contributed by atoms with Gasteiger partial charge in [-0.25, -0.2) is 9.78 Å². The molecule has 0 unspecified atom stereocenters. The van der Waals surface area contributed by atoms with Gasteiger partial charge >= 0.3 is 6.09 Å². The molecule has 0 aromatic carbocycles. The van der Waals surface area contributed by atoms with Gasteiger partial charge in [-0.05, 0) is 35.7 Å². The molecule has 1 fully saturated rings. The van der Waals surface area contributed by atoms with Crippen molar-refractivity contribution in [2.24, 2.45) is 0 Å². The van der Waals surface area contributed by atoms with Crippen LogP contribution in [0.5, 0.6) is 0 Å². The van der Waals surface area contributed by atoms with Crippen LogP contribution in [-0.2, 0) is 4.74 Å². The zero-order valence-corrected chi connectivity index (χ0v) is 12.9. The number of amides is 1. The lowest BCUT2D eigenvalue weighted by Gasteiger charge is -2.32. The van der Waals surface area contributed by atoms with E-state index in [1.807, 2.05) is 6.92 Å². The Balaban J connectivity index is 1.88. The maximum atomic E-state index is 11.6. The van der Waals surface area contributed by atoms with Gasteiger partial charge in [0.05, 0.1) is 11.1 Å². The van der Waals surface area contributed by atoms with Crippen LogP contribution in [0.2, 0.25) is 0 Å². The number of likely N-dealkylation sites (tertiary alicyclic amines) is 1. The third-order valence-corrected chi connectivity index (χ3v) is 3.70. The van der Waals surface area contributed by atoms with Crippen LogP contribution in [-0.4, -0.2) is 46.7 Å². The highest BCUT2D eigenvalue weighted by Crippen LogP contribution is 2.23. The number of carbonyl (C=O) groups excluding carboxylic acids is 1. The minimum absolute atomic E-state index is 0.236. The Labute approximate surface area is 126 Å². The maximum Gasteiger partial charge on any atom is 0.409 e. The number of nitrogen functional groups attached to an aromatic ring is 1. The summed E-state index contributed by atoms with van der Waals surface area (Å²) in [6.07, 6.45) is 3.07. The maximum absolute atomic E-state index is 11.6. The molecule has 0 radical (unpaired) electrons. The molecule has 3 N–H and O–H groups in total. The van der Waals surface area contributed by atoms with Crippen molar-refractivity contribution in [1.82, 2.24) is 14.9 Å². The average molecular weight is 344 g/mol. The van der Waals surface area contributed by atoms with Gasteiger partial charge in [0.2, 0.25) is 5.95 Å². The third-order valence-electron chi connectivity index (χ3n) is 3.12. The summed E-state index contributed by atoms with van der Waals surface area (Å²) in [5, 5.41) is 3.32. The van der Waals surface area contributed by atoms with E-state index in [1.54, 1.807) is 11.1 Å². The van der Waals surface area contributed by atoms with Gasteiger partial charge in [-0.2, -0.15) is 4.98 Å². The molecule has 0 atom stereocenters. The number of carbonyl (C=O) groups is 1. The van der Waals surface area contributed by atoms with Crippen LogP contribution < -0.4 is 11.1 Å². The first kappa shape index (κ1) is 14.8. The lowest BCUT2D eigenvalue weighted by molar-refractivity contribution is 0.0983. The number of nitrogens with zero attached hydrogens (tertiary/aromatic N) is 3. The first-order chi connectivity index (χ1) is 9.60. The Morgan fingerprint density at radius 1 is 1.60 bits per heavy atom. The second-order valence-electron chi connectivity index (χ2n) is 4.53. The van der Waals surface area contributed by atoms with Gasteiger partial charge < -0.3 is 20.7 Å². The van der Waals surface area contributed by atoms with Crippen molar-refractivity contribution in [3.8, 4) is 0 Å². The third kappa shape index (κ3) is 3.72.